The van der Waals surface area contributed by atoms with Crippen LogP contribution in [0.2, 0.25) is 0 Å². The van der Waals surface area contributed by atoms with E-state index in [9.17, 15) is 4.79 Å². The van der Waals surface area contributed by atoms with Gasteiger partial charge in [0.1, 0.15) is 5.75 Å². The minimum absolute atomic E-state index is 0.0544. The molecule has 1 atom stereocenters. The highest BCUT2D eigenvalue weighted by atomic mass is 16.3. The number of phenolic OH excluding ortho intramolecular Hbond substituents is 1. The number of phenols is 1. The SMILES string of the molecule is CC(NCc1ccc(O)cc1)C(=O)N(C)C. The lowest BCUT2D eigenvalue weighted by Crippen LogP contribution is -2.41. The number of rotatable bonds is 4. The van der Waals surface area contributed by atoms with Crippen LogP contribution in [0.4, 0.5) is 0 Å². The first-order chi connectivity index (χ1) is 7.50. The predicted molar refractivity (Wildman–Crippen MR) is 63.1 cm³/mol. The quantitative estimate of drug-likeness (QED) is 0.797. The molecule has 0 aliphatic rings. The molecule has 2 N–H and O–H groups in total. The molecule has 0 heterocycles. The van der Waals surface area contributed by atoms with Crippen molar-refractivity contribution in [3.63, 3.8) is 0 Å². The molecule has 1 unspecified atom stereocenters. The zero-order valence-electron chi connectivity index (χ0n) is 9.90. The molecule has 1 aromatic carbocycles. The van der Waals surface area contributed by atoms with Crippen LogP contribution in [0.5, 0.6) is 5.75 Å². The molecule has 0 bridgehead atoms. The molecule has 0 aliphatic carbocycles. The van der Waals surface area contributed by atoms with Crippen LogP contribution < -0.4 is 5.32 Å². The van der Waals surface area contributed by atoms with Crippen LogP contribution in [-0.4, -0.2) is 36.1 Å². The molecule has 1 amide bonds. The van der Waals surface area contributed by atoms with Crippen LogP contribution >= 0.6 is 0 Å². The largest absolute Gasteiger partial charge is 0.508 e. The number of hydrogen-bond donors (Lipinski definition) is 2. The lowest BCUT2D eigenvalue weighted by Gasteiger charge is -2.18. The van der Waals surface area contributed by atoms with E-state index in [-0.39, 0.29) is 17.7 Å². The Hall–Kier alpha value is -1.55. The maximum absolute atomic E-state index is 11.5. The summed E-state index contributed by atoms with van der Waals surface area (Å²) < 4.78 is 0. The van der Waals surface area contributed by atoms with E-state index in [0.717, 1.165) is 5.56 Å². The molecule has 0 aliphatic heterocycles. The number of benzene rings is 1. The molecule has 0 fully saturated rings. The monoisotopic (exact) mass is 222 g/mol. The second kappa shape index (κ2) is 5.51. The molecular weight excluding hydrogens is 204 g/mol. The van der Waals surface area contributed by atoms with E-state index in [2.05, 4.69) is 5.32 Å². The van der Waals surface area contributed by atoms with Crippen LogP contribution in [0.3, 0.4) is 0 Å². The average Bonchev–Trinajstić information content (AvgIpc) is 2.26. The number of nitrogens with one attached hydrogen (secondary N) is 1. The summed E-state index contributed by atoms with van der Waals surface area (Å²) in [6, 6.07) is 6.72. The molecule has 0 saturated heterocycles. The lowest BCUT2D eigenvalue weighted by atomic mass is 10.2. The Labute approximate surface area is 95.9 Å². The Morgan fingerprint density at radius 1 is 1.38 bits per heavy atom. The van der Waals surface area contributed by atoms with Crippen LogP contribution in [0.25, 0.3) is 0 Å². The first kappa shape index (κ1) is 12.5. The molecular formula is C12H18N2O2. The van der Waals surface area contributed by atoms with Gasteiger partial charge in [-0.3, -0.25) is 4.79 Å². The number of nitrogens with zero attached hydrogens (tertiary/aromatic N) is 1. The van der Waals surface area contributed by atoms with Crippen molar-refractivity contribution in [3.8, 4) is 5.75 Å². The number of likely N-dealkylation sites (N-methyl/N-ethyl adjacent to an activating group) is 1. The Kier molecular flexibility index (Phi) is 4.31. The van der Waals surface area contributed by atoms with Gasteiger partial charge in [-0.05, 0) is 24.6 Å². The Balaban J connectivity index is 2.45. The van der Waals surface area contributed by atoms with Crippen LogP contribution in [0.15, 0.2) is 24.3 Å². The fourth-order valence-corrected chi connectivity index (χ4v) is 1.36. The van der Waals surface area contributed by atoms with Crippen molar-refractivity contribution >= 4 is 5.91 Å². The molecule has 88 valence electrons. The number of aromatic hydroxyl groups is 1. The number of hydrogen-bond acceptors (Lipinski definition) is 3. The first-order valence-corrected chi connectivity index (χ1v) is 5.23. The Morgan fingerprint density at radius 3 is 2.44 bits per heavy atom. The van der Waals surface area contributed by atoms with Gasteiger partial charge in [-0.2, -0.15) is 0 Å². The lowest BCUT2D eigenvalue weighted by molar-refractivity contribution is -0.130. The highest BCUT2D eigenvalue weighted by Gasteiger charge is 2.13. The molecule has 1 rings (SSSR count). The van der Waals surface area contributed by atoms with Crippen molar-refractivity contribution in [1.82, 2.24) is 10.2 Å². The minimum Gasteiger partial charge on any atom is -0.508 e. The summed E-state index contributed by atoms with van der Waals surface area (Å²) in [5.74, 6) is 0.306. The van der Waals surface area contributed by atoms with E-state index in [0.29, 0.717) is 6.54 Å². The van der Waals surface area contributed by atoms with Gasteiger partial charge in [-0.15, -0.1) is 0 Å². The Bertz CT molecular complexity index is 347. The second-order valence-corrected chi connectivity index (χ2v) is 4.00. The first-order valence-electron chi connectivity index (χ1n) is 5.23. The predicted octanol–water partition coefficient (Wildman–Crippen LogP) is 0.959. The third-order valence-electron chi connectivity index (χ3n) is 2.36. The summed E-state index contributed by atoms with van der Waals surface area (Å²) in [6.07, 6.45) is 0. The van der Waals surface area contributed by atoms with Crippen LogP contribution in [-0.2, 0) is 11.3 Å². The van der Waals surface area contributed by atoms with E-state index < -0.39 is 0 Å². The summed E-state index contributed by atoms with van der Waals surface area (Å²) in [5.41, 5.74) is 1.04. The maximum Gasteiger partial charge on any atom is 0.238 e. The fourth-order valence-electron chi connectivity index (χ4n) is 1.36. The van der Waals surface area contributed by atoms with Crippen molar-refractivity contribution in [2.45, 2.75) is 19.5 Å². The summed E-state index contributed by atoms with van der Waals surface area (Å²) in [6.45, 7) is 2.45. The fraction of sp³-hybridized carbons (Fsp3) is 0.417. The van der Waals surface area contributed by atoms with Crippen molar-refractivity contribution in [1.29, 1.82) is 0 Å². The molecule has 4 heteroatoms. The standard InChI is InChI=1S/C12H18N2O2/c1-9(12(16)14(2)3)13-8-10-4-6-11(15)7-5-10/h4-7,9,13,15H,8H2,1-3H3. The van der Waals surface area contributed by atoms with Crippen molar-refractivity contribution in [2.75, 3.05) is 14.1 Å². The smallest absolute Gasteiger partial charge is 0.238 e. The van der Waals surface area contributed by atoms with Gasteiger partial charge in [0.25, 0.3) is 0 Å². The molecule has 0 saturated carbocycles. The third-order valence-corrected chi connectivity index (χ3v) is 2.36. The number of amides is 1. The minimum atomic E-state index is -0.205. The molecule has 1 aromatic rings. The van der Waals surface area contributed by atoms with Gasteiger partial charge in [0, 0.05) is 20.6 Å². The zero-order valence-corrected chi connectivity index (χ0v) is 9.90. The van der Waals surface area contributed by atoms with E-state index in [4.69, 9.17) is 5.11 Å². The van der Waals surface area contributed by atoms with Crippen LogP contribution in [0.1, 0.15) is 12.5 Å². The molecule has 0 radical (unpaired) electrons. The molecule has 16 heavy (non-hydrogen) atoms. The van der Waals surface area contributed by atoms with Gasteiger partial charge in [0.15, 0.2) is 0 Å². The van der Waals surface area contributed by atoms with E-state index in [1.807, 2.05) is 19.1 Å². The molecule has 0 aromatic heterocycles. The van der Waals surface area contributed by atoms with Gasteiger partial charge in [0.05, 0.1) is 6.04 Å². The second-order valence-electron chi connectivity index (χ2n) is 4.00. The molecule has 4 nitrogen and oxygen atoms in total. The number of carbonyl (C=O) groups is 1. The molecule has 0 spiro atoms. The van der Waals surface area contributed by atoms with E-state index in [1.165, 1.54) is 0 Å². The zero-order chi connectivity index (χ0) is 12.1. The highest BCUT2D eigenvalue weighted by Crippen LogP contribution is 2.09. The van der Waals surface area contributed by atoms with Crippen molar-refractivity contribution in [3.05, 3.63) is 29.8 Å². The topological polar surface area (TPSA) is 52.6 Å². The van der Waals surface area contributed by atoms with Gasteiger partial charge in [-0.1, -0.05) is 12.1 Å². The average molecular weight is 222 g/mol. The van der Waals surface area contributed by atoms with Gasteiger partial charge < -0.3 is 15.3 Å². The summed E-state index contributed by atoms with van der Waals surface area (Å²) in [5, 5.41) is 12.2. The summed E-state index contributed by atoms with van der Waals surface area (Å²) in [7, 11) is 3.47. The van der Waals surface area contributed by atoms with Gasteiger partial charge in [-0.25, -0.2) is 0 Å². The Morgan fingerprint density at radius 2 is 1.94 bits per heavy atom. The number of carbonyl (C=O) groups excluding carboxylic acids is 1. The normalized spacial score (nSPS) is 12.2. The van der Waals surface area contributed by atoms with E-state index in [1.54, 1.807) is 31.1 Å². The van der Waals surface area contributed by atoms with E-state index >= 15 is 0 Å². The maximum atomic E-state index is 11.5. The highest BCUT2D eigenvalue weighted by molar-refractivity contribution is 5.80. The summed E-state index contributed by atoms with van der Waals surface area (Å²) in [4.78, 5) is 13.1. The van der Waals surface area contributed by atoms with Gasteiger partial charge in [0.2, 0.25) is 5.91 Å². The van der Waals surface area contributed by atoms with Gasteiger partial charge >= 0.3 is 0 Å². The van der Waals surface area contributed by atoms with Crippen LogP contribution in [0, 0.1) is 0 Å². The summed E-state index contributed by atoms with van der Waals surface area (Å²) >= 11 is 0. The van der Waals surface area contributed by atoms with Crippen molar-refractivity contribution < 1.29 is 9.90 Å². The van der Waals surface area contributed by atoms with Crippen molar-refractivity contribution in [2.24, 2.45) is 0 Å². The third kappa shape index (κ3) is 3.55.